The molecule has 0 bridgehead atoms. The number of aromatic amines is 1. The van der Waals surface area contributed by atoms with E-state index in [0.717, 1.165) is 64.2 Å². The summed E-state index contributed by atoms with van der Waals surface area (Å²) < 4.78 is 0. The molecule has 0 amide bonds. The molecule has 1 aromatic heterocycles. The van der Waals surface area contributed by atoms with E-state index in [2.05, 4.69) is 10.2 Å². The van der Waals surface area contributed by atoms with Gasteiger partial charge in [0.25, 0.3) is 0 Å². The molecule has 0 radical (unpaired) electrons. The summed E-state index contributed by atoms with van der Waals surface area (Å²) in [6.07, 6.45) is 12.5. The highest BCUT2D eigenvalue weighted by Crippen LogP contribution is 2.00. The summed E-state index contributed by atoms with van der Waals surface area (Å²) in [4.78, 5) is 50.7. The van der Waals surface area contributed by atoms with Crippen LogP contribution in [0.5, 0.6) is 0 Å². The Balaban J connectivity index is -0.000000187. The molecule has 28 N–H and O–H groups in total. The lowest BCUT2D eigenvalue weighted by Crippen LogP contribution is -2.29. The number of nitrogens with zero attached hydrogens (tertiary/aromatic N) is 1. The van der Waals surface area contributed by atoms with E-state index >= 15 is 0 Å². The molecule has 1 aromatic rings. The van der Waals surface area contributed by atoms with E-state index in [4.69, 9.17) is 88.6 Å². The molecule has 0 saturated carbocycles. The molecule has 0 fully saturated rings. The van der Waals surface area contributed by atoms with E-state index in [9.17, 15) is 24.0 Å². The van der Waals surface area contributed by atoms with Crippen LogP contribution in [0.25, 0.3) is 0 Å². The summed E-state index contributed by atoms with van der Waals surface area (Å²) in [5.74, 6) is -4.13. The maximum atomic E-state index is 10.1. The Labute approximate surface area is 329 Å². The van der Waals surface area contributed by atoms with Gasteiger partial charge in [0, 0.05) is 6.20 Å². The number of carboxylic acid groups (broad SMARTS) is 5. The molecule has 5 atom stereocenters. The van der Waals surface area contributed by atoms with E-state index < -0.39 is 60.1 Å². The first-order valence-corrected chi connectivity index (χ1v) is 18.5. The average molecular weight is 814 g/mol. The van der Waals surface area contributed by atoms with Crippen LogP contribution >= 0.6 is 0 Å². The highest BCUT2D eigenvalue weighted by atomic mass is 16.4. The Kier molecular flexibility index (Phi) is 49.6. The third-order valence-electron chi connectivity index (χ3n) is 6.95. The lowest BCUT2D eigenvalue weighted by atomic mass is 10.1. The number of carbonyl (C=O) groups is 5. The fraction of sp³-hybridized carbons (Fsp3) is 0.758. The first kappa shape index (κ1) is 61.2. The van der Waals surface area contributed by atoms with Gasteiger partial charge in [0.05, 0.1) is 0 Å². The summed E-state index contributed by atoms with van der Waals surface area (Å²) >= 11 is 0. The molecule has 1 rings (SSSR count). The highest BCUT2D eigenvalue weighted by Gasteiger charge is 2.12. The zero-order valence-corrected chi connectivity index (χ0v) is 32.8. The Hall–Kier alpha value is -4.04. The third kappa shape index (κ3) is 52.1. The molecule has 0 aliphatic rings. The average Bonchev–Trinajstić information content (AvgIpc) is 3.63. The van der Waals surface area contributed by atoms with E-state index in [1.54, 1.807) is 12.3 Å². The molecule has 332 valence electrons. The highest BCUT2D eigenvalue weighted by molar-refractivity contribution is 5.74. The van der Waals surface area contributed by atoms with Crippen molar-refractivity contribution in [1.29, 1.82) is 0 Å². The van der Waals surface area contributed by atoms with Gasteiger partial charge in [0.2, 0.25) is 0 Å². The second-order valence-electron chi connectivity index (χ2n) is 12.1. The molecular formula is C33H75N13O10. The first-order chi connectivity index (χ1) is 26.3. The topological polar surface area (TPSA) is 501 Å². The van der Waals surface area contributed by atoms with E-state index in [0.29, 0.717) is 70.6 Å². The quantitative estimate of drug-likeness (QED) is 0.0459. The molecule has 0 saturated heterocycles. The Morgan fingerprint density at radius 1 is 0.446 bits per heavy atom. The van der Waals surface area contributed by atoms with Crippen molar-refractivity contribution in [3.05, 3.63) is 12.3 Å². The lowest BCUT2D eigenvalue weighted by molar-refractivity contribution is -0.139. The molecule has 56 heavy (non-hydrogen) atoms. The second kappa shape index (κ2) is 45.4. The number of aromatic nitrogens is 2. The van der Waals surface area contributed by atoms with Crippen molar-refractivity contribution in [2.45, 2.75) is 127 Å². The summed E-state index contributed by atoms with van der Waals surface area (Å²) in [6, 6.07) is -1.89. The fourth-order valence-corrected chi connectivity index (χ4v) is 3.43. The Morgan fingerprint density at radius 3 is 0.732 bits per heavy atom. The molecule has 0 spiro atoms. The number of nitrogens with one attached hydrogen (secondary N) is 1. The van der Waals surface area contributed by atoms with Gasteiger partial charge in [-0.1, -0.05) is 32.1 Å². The van der Waals surface area contributed by atoms with Crippen molar-refractivity contribution in [1.82, 2.24) is 10.2 Å². The number of aliphatic carboxylic acids is 5. The zero-order chi connectivity index (χ0) is 44.3. The van der Waals surface area contributed by atoms with Gasteiger partial charge < -0.3 is 88.6 Å². The summed E-state index contributed by atoms with van der Waals surface area (Å²) in [5.41, 5.74) is 57.2. The number of H-pyrrole nitrogens is 1. The minimum Gasteiger partial charge on any atom is -0.480 e. The molecule has 23 nitrogen and oxygen atoms in total. The van der Waals surface area contributed by atoms with Crippen LogP contribution < -0.4 is 63.1 Å². The van der Waals surface area contributed by atoms with Crippen LogP contribution in [0.1, 0.15) is 96.3 Å². The SMILES string of the molecule is NCCCC[C@H](N)C(=O)O.NCCCC[C@H](N)C(=O)O.NCCCC[C@H](N)C(=O)O.NCCCC[C@H](N)C(=O)O.NCCCC[C@H](N)C(=O)O.Nc1cc[nH]n1. The number of nitrogens with two attached hydrogens (primary N) is 11. The first-order valence-electron chi connectivity index (χ1n) is 18.5. The van der Waals surface area contributed by atoms with Gasteiger partial charge in [0.15, 0.2) is 0 Å². The smallest absolute Gasteiger partial charge is 0.320 e. The minimum atomic E-state index is -0.933. The van der Waals surface area contributed by atoms with Gasteiger partial charge in [-0.2, -0.15) is 5.10 Å². The maximum absolute atomic E-state index is 10.1. The van der Waals surface area contributed by atoms with Crippen molar-refractivity contribution >= 4 is 35.7 Å². The molecule has 0 aliphatic carbocycles. The van der Waals surface area contributed by atoms with Gasteiger partial charge in [-0.25, -0.2) is 0 Å². The van der Waals surface area contributed by atoms with Crippen LogP contribution in [-0.4, -0.2) is 129 Å². The van der Waals surface area contributed by atoms with Crippen LogP contribution in [0.2, 0.25) is 0 Å². The molecular weight excluding hydrogens is 738 g/mol. The monoisotopic (exact) mass is 814 g/mol. The second-order valence-corrected chi connectivity index (χ2v) is 12.1. The predicted octanol–water partition coefficient (Wildman–Crippen LogP) is -2.37. The maximum Gasteiger partial charge on any atom is 0.320 e. The Bertz CT molecular complexity index is 910. The predicted molar refractivity (Wildman–Crippen MR) is 216 cm³/mol. The van der Waals surface area contributed by atoms with Crippen molar-refractivity contribution < 1.29 is 49.5 Å². The van der Waals surface area contributed by atoms with Crippen LogP contribution in [0.4, 0.5) is 5.82 Å². The van der Waals surface area contributed by atoms with Crippen molar-refractivity contribution in [2.75, 3.05) is 38.5 Å². The number of unbranched alkanes of at least 4 members (excludes halogenated alkanes) is 5. The summed E-state index contributed by atoms with van der Waals surface area (Å²) in [7, 11) is 0. The normalized spacial score (nSPS) is 12.5. The molecule has 1 heterocycles. The lowest BCUT2D eigenvalue weighted by Gasteiger charge is -2.03. The number of rotatable bonds is 25. The van der Waals surface area contributed by atoms with Crippen LogP contribution in [-0.2, 0) is 24.0 Å². The standard InChI is InChI=1S/5C6H14N2O2.C3H5N3/c5*7-4-2-1-3-5(8)6(9)10;4-3-1-2-5-6-3/h5*5H,1-4,7-8H2,(H,9,10);1-2H,(H3,4,5,6)/t5*5-;/m00000./s1. The van der Waals surface area contributed by atoms with Gasteiger partial charge in [-0.3, -0.25) is 29.1 Å². The third-order valence-corrected chi connectivity index (χ3v) is 6.95. The van der Waals surface area contributed by atoms with Crippen molar-refractivity contribution in [2.24, 2.45) is 57.3 Å². The van der Waals surface area contributed by atoms with E-state index in [1.807, 2.05) is 0 Å². The van der Waals surface area contributed by atoms with E-state index in [-0.39, 0.29) is 0 Å². The molecule has 0 unspecified atom stereocenters. The number of carboxylic acids is 5. The van der Waals surface area contributed by atoms with Crippen molar-refractivity contribution in [3.63, 3.8) is 0 Å². The van der Waals surface area contributed by atoms with Crippen LogP contribution in [0.3, 0.4) is 0 Å². The van der Waals surface area contributed by atoms with Gasteiger partial charge in [0.1, 0.15) is 36.0 Å². The molecule has 0 aromatic carbocycles. The number of hydrogen-bond acceptors (Lipinski definition) is 17. The van der Waals surface area contributed by atoms with Gasteiger partial charge >= 0.3 is 29.8 Å². The Morgan fingerprint density at radius 2 is 0.643 bits per heavy atom. The fourth-order valence-electron chi connectivity index (χ4n) is 3.43. The van der Waals surface area contributed by atoms with Crippen LogP contribution in [0.15, 0.2) is 12.3 Å². The molecule has 23 heteroatoms. The number of nitrogen functional groups attached to an aromatic ring is 1. The summed E-state index contributed by atoms with van der Waals surface area (Å²) in [5, 5.41) is 47.7. The molecule has 0 aliphatic heterocycles. The van der Waals surface area contributed by atoms with Crippen molar-refractivity contribution in [3.8, 4) is 0 Å². The minimum absolute atomic E-state index is 0.520. The summed E-state index contributed by atoms with van der Waals surface area (Å²) in [6.45, 7) is 3.02. The van der Waals surface area contributed by atoms with E-state index in [1.165, 1.54) is 0 Å². The van der Waals surface area contributed by atoms with Gasteiger partial charge in [-0.15, -0.1) is 0 Å². The number of anilines is 1. The zero-order valence-electron chi connectivity index (χ0n) is 32.8. The number of hydrogen-bond donors (Lipinski definition) is 17. The van der Waals surface area contributed by atoms with Crippen LogP contribution in [0, 0.1) is 0 Å². The van der Waals surface area contributed by atoms with Gasteiger partial charge in [-0.05, 0) is 103 Å². The largest absolute Gasteiger partial charge is 0.480 e.